The number of nitrogen functional groups attached to an aromatic ring is 1. The van der Waals surface area contributed by atoms with E-state index in [0.717, 1.165) is 4.57 Å². The number of ether oxygens (including phenoxy) is 1. The molecule has 9 N–H and O–H groups in total. The van der Waals surface area contributed by atoms with Gasteiger partial charge in [0.1, 0.15) is 18.1 Å². The molecule has 0 aromatic carbocycles. The van der Waals surface area contributed by atoms with Crippen LogP contribution in [0.1, 0.15) is 18.2 Å². The first-order valence-electron chi connectivity index (χ1n) is 8.32. The van der Waals surface area contributed by atoms with Crippen LogP contribution in [0.2, 0.25) is 0 Å². The highest BCUT2D eigenvalue weighted by Crippen LogP contribution is 2.66. The quantitative estimate of drug-likeness (QED) is 0.146. The minimum Gasteiger partial charge on any atom is -0.390 e. The molecular weight excluding hydrogens is 501 g/mol. The molecule has 0 amide bonds. The number of rotatable bonds is 8. The molecule has 20 heteroatoms. The molecule has 17 nitrogen and oxygen atoms in total. The average Bonchev–Trinajstić information content (AvgIpc) is 2.97. The Kier molecular flexibility index (Phi) is 8.54. The molecule has 0 aliphatic carbocycles. The van der Waals surface area contributed by atoms with Crippen molar-refractivity contribution < 1.29 is 56.3 Å². The zero-order chi connectivity index (χ0) is 24.3. The summed E-state index contributed by atoms with van der Waals surface area (Å²) in [5.41, 5.74) is 10.2. The van der Waals surface area contributed by atoms with Crippen LogP contribution >= 0.6 is 23.5 Å². The zero-order valence-electron chi connectivity index (χ0n) is 15.8. The lowest BCUT2D eigenvalue weighted by atomic mass is 10.2. The second kappa shape index (κ2) is 10.2. The molecular formula is C12H19N4O13P3. The van der Waals surface area contributed by atoms with E-state index in [1.807, 2.05) is 0 Å². The summed E-state index contributed by atoms with van der Waals surface area (Å²) < 4.78 is 51.6. The maximum atomic E-state index is 12.1. The normalized spacial score (nSPS) is 24.9. The van der Waals surface area contributed by atoms with Crippen LogP contribution in [0.25, 0.3) is 0 Å². The summed E-state index contributed by atoms with van der Waals surface area (Å²) in [7, 11) is -16.6. The van der Waals surface area contributed by atoms with Crippen LogP contribution in [0.4, 0.5) is 5.82 Å². The highest BCUT2D eigenvalue weighted by molar-refractivity contribution is 7.66. The Morgan fingerprint density at radius 1 is 1.22 bits per heavy atom. The van der Waals surface area contributed by atoms with Crippen molar-refractivity contribution >= 4 is 29.3 Å². The third-order valence-corrected chi connectivity index (χ3v) is 7.44. The Hall–Kier alpha value is -1.47. The van der Waals surface area contributed by atoms with E-state index < -0.39 is 54.2 Å². The maximum absolute atomic E-state index is 12.1. The van der Waals surface area contributed by atoms with Crippen LogP contribution in [-0.4, -0.2) is 59.6 Å². The number of phosphoric acid groups is 3. The molecule has 1 aliphatic heterocycles. The van der Waals surface area contributed by atoms with E-state index in [-0.39, 0.29) is 24.3 Å². The van der Waals surface area contributed by atoms with Crippen molar-refractivity contribution in [2.75, 3.05) is 18.9 Å². The molecule has 0 spiro atoms. The highest BCUT2D eigenvalue weighted by atomic mass is 31.3. The van der Waals surface area contributed by atoms with E-state index in [9.17, 15) is 28.5 Å². The number of anilines is 1. The Morgan fingerprint density at radius 3 is 2.47 bits per heavy atom. The summed E-state index contributed by atoms with van der Waals surface area (Å²) >= 11 is 0. The molecule has 180 valence electrons. The monoisotopic (exact) mass is 520 g/mol. The van der Waals surface area contributed by atoms with Crippen molar-refractivity contribution in [3.8, 4) is 11.8 Å². The standard InChI is InChI=1S/C12H19N4O13P3/c13-3-1-2-7-5-16(12(18)15-11(7)14)10-4-8(17)9(27-10)6-26-31(22,23)29-32(24,25)28-30(19,20)21/h5,8-10,17H,3-4,6,13H2,(H,22,23)(H,24,25)(H2,14,15,18)(H2,19,20,21). The number of aromatic nitrogens is 2. The Labute approximate surface area is 179 Å². The maximum Gasteiger partial charge on any atom is 0.490 e. The van der Waals surface area contributed by atoms with E-state index in [2.05, 4.69) is 30.0 Å². The summed E-state index contributed by atoms with van der Waals surface area (Å²) in [5.74, 6) is 4.97. The first-order valence-corrected chi connectivity index (χ1v) is 12.8. The van der Waals surface area contributed by atoms with Crippen molar-refractivity contribution in [3.05, 3.63) is 22.2 Å². The van der Waals surface area contributed by atoms with E-state index in [4.69, 9.17) is 30.9 Å². The summed E-state index contributed by atoms with van der Waals surface area (Å²) in [4.78, 5) is 51.3. The van der Waals surface area contributed by atoms with E-state index in [1.54, 1.807) is 0 Å². The van der Waals surface area contributed by atoms with E-state index >= 15 is 0 Å². The van der Waals surface area contributed by atoms with Gasteiger partial charge in [-0.05, 0) is 0 Å². The van der Waals surface area contributed by atoms with Crippen LogP contribution in [0, 0.1) is 11.8 Å². The van der Waals surface area contributed by atoms with Crippen molar-refractivity contribution in [1.82, 2.24) is 9.55 Å². The van der Waals surface area contributed by atoms with Gasteiger partial charge in [0.15, 0.2) is 0 Å². The molecule has 1 saturated heterocycles. The number of hydrogen-bond acceptors (Lipinski definition) is 12. The van der Waals surface area contributed by atoms with Crippen molar-refractivity contribution in [2.45, 2.75) is 24.9 Å². The molecule has 1 aromatic rings. The van der Waals surface area contributed by atoms with E-state index in [0.29, 0.717) is 0 Å². The average molecular weight is 520 g/mol. The third kappa shape index (κ3) is 7.84. The van der Waals surface area contributed by atoms with Gasteiger partial charge in [-0.25, -0.2) is 18.5 Å². The second-order valence-electron chi connectivity index (χ2n) is 6.05. The number of nitrogens with two attached hydrogens (primary N) is 2. The number of nitrogens with zero attached hydrogens (tertiary/aromatic N) is 2. The Bertz CT molecular complexity index is 1110. The fourth-order valence-electron chi connectivity index (χ4n) is 2.44. The predicted molar refractivity (Wildman–Crippen MR) is 103 cm³/mol. The molecule has 32 heavy (non-hydrogen) atoms. The van der Waals surface area contributed by atoms with Crippen LogP contribution in [0.5, 0.6) is 0 Å². The molecule has 5 unspecified atom stereocenters. The van der Waals surface area contributed by atoms with Gasteiger partial charge in [-0.2, -0.15) is 13.6 Å². The number of hydrogen-bond donors (Lipinski definition) is 7. The van der Waals surface area contributed by atoms with Gasteiger partial charge in [-0.15, -0.1) is 0 Å². The largest absolute Gasteiger partial charge is 0.490 e. The van der Waals surface area contributed by atoms with Crippen molar-refractivity contribution in [2.24, 2.45) is 5.73 Å². The first-order chi connectivity index (χ1) is 14.6. The highest BCUT2D eigenvalue weighted by Gasteiger charge is 2.43. The molecule has 2 rings (SSSR count). The molecule has 1 aliphatic rings. The smallest absolute Gasteiger partial charge is 0.390 e. The molecule has 0 bridgehead atoms. The number of aliphatic hydroxyl groups excluding tert-OH is 1. The first kappa shape index (κ1) is 26.8. The third-order valence-electron chi connectivity index (χ3n) is 3.64. The van der Waals surface area contributed by atoms with Gasteiger partial charge in [-0.3, -0.25) is 9.09 Å². The van der Waals surface area contributed by atoms with Crippen molar-refractivity contribution in [1.29, 1.82) is 0 Å². The lowest BCUT2D eigenvalue weighted by molar-refractivity contribution is -0.0449. The van der Waals surface area contributed by atoms with Gasteiger partial charge in [0.2, 0.25) is 0 Å². The summed E-state index contributed by atoms with van der Waals surface area (Å²) in [6, 6.07) is 0. The minimum atomic E-state index is -5.69. The number of aliphatic hydroxyl groups is 1. The predicted octanol–water partition coefficient (Wildman–Crippen LogP) is -1.87. The van der Waals surface area contributed by atoms with Crippen LogP contribution in [-0.2, 0) is 31.6 Å². The number of phosphoric ester groups is 1. The van der Waals surface area contributed by atoms with E-state index in [1.165, 1.54) is 6.20 Å². The topological polar surface area (TPSA) is 276 Å². The SMILES string of the molecule is NCC#Cc1cn(C2CC(O)C(COP(=O)(O)OP(=O)(O)OP(=O)(O)O)O2)c(=O)nc1N. The van der Waals surface area contributed by atoms with Gasteiger partial charge in [-0.1, -0.05) is 11.8 Å². The molecule has 0 saturated carbocycles. The fourth-order valence-corrected chi connectivity index (χ4v) is 5.47. The van der Waals surface area contributed by atoms with Crippen LogP contribution < -0.4 is 17.2 Å². The second-order valence-corrected chi connectivity index (χ2v) is 10.5. The fraction of sp³-hybridized carbons (Fsp3) is 0.500. The lowest BCUT2D eigenvalue weighted by Crippen LogP contribution is -2.29. The van der Waals surface area contributed by atoms with Crippen LogP contribution in [0.3, 0.4) is 0 Å². The van der Waals surface area contributed by atoms with Gasteiger partial charge < -0.3 is 40.9 Å². The molecule has 0 radical (unpaired) electrons. The summed E-state index contributed by atoms with van der Waals surface area (Å²) in [6.07, 6.45) is -2.75. The molecule has 1 aromatic heterocycles. The zero-order valence-corrected chi connectivity index (χ0v) is 18.5. The molecule has 2 heterocycles. The molecule has 1 fully saturated rings. The van der Waals surface area contributed by atoms with Crippen LogP contribution in [0.15, 0.2) is 11.0 Å². The van der Waals surface area contributed by atoms with Gasteiger partial charge in [0.25, 0.3) is 0 Å². The minimum absolute atomic E-state index is 0.0138. The van der Waals surface area contributed by atoms with Gasteiger partial charge >= 0.3 is 29.2 Å². The van der Waals surface area contributed by atoms with Gasteiger partial charge in [0.05, 0.1) is 24.8 Å². The molecule has 5 atom stereocenters. The summed E-state index contributed by atoms with van der Waals surface area (Å²) in [6.45, 7) is -0.877. The Morgan fingerprint density at radius 2 is 1.88 bits per heavy atom. The Balaban J connectivity index is 2.08. The van der Waals surface area contributed by atoms with Crippen molar-refractivity contribution in [3.63, 3.8) is 0 Å². The summed E-state index contributed by atoms with van der Waals surface area (Å²) in [5, 5.41) is 10.1. The lowest BCUT2D eigenvalue weighted by Gasteiger charge is -2.19. The van der Waals surface area contributed by atoms with Gasteiger partial charge in [0, 0.05) is 12.6 Å².